The lowest BCUT2D eigenvalue weighted by molar-refractivity contribution is -0.137. The fraction of sp³-hybridized carbons (Fsp3) is 0.381. The average molecular weight is 340 g/mol. The third-order valence-corrected chi connectivity index (χ3v) is 4.39. The monoisotopic (exact) mass is 340 g/mol. The van der Waals surface area contributed by atoms with Gasteiger partial charge in [-0.3, -0.25) is 4.79 Å². The first kappa shape index (κ1) is 19.0. The number of amides is 1. The number of nitrogens with one attached hydrogen (secondary N) is 1. The summed E-state index contributed by atoms with van der Waals surface area (Å²) in [6, 6.07) is 17.8. The van der Waals surface area contributed by atoms with Gasteiger partial charge in [-0.25, -0.2) is 0 Å². The number of nitrogens with zero attached hydrogens (tertiary/aromatic N) is 1. The molecule has 0 aliphatic carbocycles. The van der Waals surface area contributed by atoms with Crippen molar-refractivity contribution in [1.82, 2.24) is 5.32 Å². The number of benzene rings is 2. The van der Waals surface area contributed by atoms with Crippen LogP contribution < -0.4 is 10.2 Å². The molecule has 1 atom stereocenters. The summed E-state index contributed by atoms with van der Waals surface area (Å²) in [7, 11) is 0. The summed E-state index contributed by atoms with van der Waals surface area (Å²) in [5.74, 6) is -0.336. The fourth-order valence-corrected chi connectivity index (χ4v) is 2.94. The molecule has 0 aliphatic heterocycles. The van der Waals surface area contributed by atoms with Gasteiger partial charge in [-0.1, -0.05) is 48.5 Å². The van der Waals surface area contributed by atoms with Crippen LogP contribution in [0.5, 0.6) is 0 Å². The molecule has 1 amide bonds. The minimum Gasteiger partial charge on any atom is -0.380 e. The van der Waals surface area contributed by atoms with Crippen LogP contribution in [0, 0.1) is 6.92 Å². The van der Waals surface area contributed by atoms with E-state index in [0.29, 0.717) is 19.5 Å². The van der Waals surface area contributed by atoms with E-state index >= 15 is 0 Å². The lowest BCUT2D eigenvalue weighted by Crippen LogP contribution is -2.48. The quantitative estimate of drug-likeness (QED) is 0.777. The molecule has 0 bridgehead atoms. The number of rotatable bonds is 8. The van der Waals surface area contributed by atoms with Gasteiger partial charge < -0.3 is 15.3 Å². The Morgan fingerprint density at radius 2 is 1.76 bits per heavy atom. The molecule has 25 heavy (non-hydrogen) atoms. The maximum atomic E-state index is 12.4. The number of para-hydroxylation sites is 1. The lowest BCUT2D eigenvalue weighted by atomic mass is 9.95. The van der Waals surface area contributed by atoms with E-state index in [1.807, 2.05) is 42.5 Å². The highest BCUT2D eigenvalue weighted by atomic mass is 16.3. The molecule has 0 fully saturated rings. The van der Waals surface area contributed by atoms with Gasteiger partial charge in [-0.15, -0.1) is 0 Å². The molecule has 2 aromatic carbocycles. The van der Waals surface area contributed by atoms with E-state index in [0.717, 1.165) is 12.1 Å². The molecule has 4 nitrogen and oxygen atoms in total. The number of hydrogen-bond donors (Lipinski definition) is 2. The van der Waals surface area contributed by atoms with Gasteiger partial charge in [0, 0.05) is 31.7 Å². The summed E-state index contributed by atoms with van der Waals surface area (Å²) < 4.78 is 0. The second-order valence-electron chi connectivity index (χ2n) is 6.56. The first-order valence-electron chi connectivity index (χ1n) is 8.79. The van der Waals surface area contributed by atoms with Gasteiger partial charge in [0.2, 0.25) is 0 Å². The zero-order valence-electron chi connectivity index (χ0n) is 15.3. The second-order valence-corrected chi connectivity index (χ2v) is 6.56. The number of anilines is 1. The van der Waals surface area contributed by atoms with Gasteiger partial charge in [-0.05, 0) is 38.0 Å². The van der Waals surface area contributed by atoms with E-state index in [1.165, 1.54) is 11.3 Å². The van der Waals surface area contributed by atoms with Gasteiger partial charge >= 0.3 is 0 Å². The molecule has 2 rings (SSSR count). The van der Waals surface area contributed by atoms with Crippen LogP contribution >= 0.6 is 0 Å². The average Bonchev–Trinajstić information content (AvgIpc) is 2.60. The Balaban J connectivity index is 1.89. The predicted molar refractivity (Wildman–Crippen MR) is 103 cm³/mol. The molecule has 2 aromatic rings. The summed E-state index contributed by atoms with van der Waals surface area (Å²) in [4.78, 5) is 14.6. The predicted octanol–water partition coefficient (Wildman–Crippen LogP) is 2.93. The van der Waals surface area contributed by atoms with Gasteiger partial charge in [0.15, 0.2) is 0 Å². The standard InChI is InChI=1S/C21H28N2O2/c1-4-23(19-13-9-8-10-17(19)2)15-14-22-20(24)21(3,25)16-18-11-6-5-7-12-18/h5-13,25H,4,14-16H2,1-3H3,(H,22,24). The van der Waals surface area contributed by atoms with Crippen molar-refractivity contribution in [1.29, 1.82) is 0 Å². The van der Waals surface area contributed by atoms with Gasteiger partial charge in [0.05, 0.1) is 0 Å². The van der Waals surface area contributed by atoms with E-state index in [1.54, 1.807) is 6.92 Å². The largest absolute Gasteiger partial charge is 0.380 e. The summed E-state index contributed by atoms with van der Waals surface area (Å²) in [6.07, 6.45) is 0.301. The summed E-state index contributed by atoms with van der Waals surface area (Å²) in [5.41, 5.74) is 1.92. The van der Waals surface area contributed by atoms with E-state index in [9.17, 15) is 9.90 Å². The van der Waals surface area contributed by atoms with Crippen molar-refractivity contribution in [3.05, 3.63) is 65.7 Å². The Morgan fingerprint density at radius 1 is 1.12 bits per heavy atom. The second kappa shape index (κ2) is 8.67. The van der Waals surface area contributed by atoms with Crippen LogP contribution in [0.25, 0.3) is 0 Å². The molecule has 0 saturated carbocycles. The van der Waals surface area contributed by atoms with Crippen molar-refractivity contribution in [2.45, 2.75) is 32.8 Å². The first-order valence-corrected chi connectivity index (χ1v) is 8.79. The Hall–Kier alpha value is -2.33. The van der Waals surface area contributed by atoms with Crippen LogP contribution in [-0.2, 0) is 11.2 Å². The number of carbonyl (C=O) groups is 1. The maximum Gasteiger partial charge on any atom is 0.252 e. The van der Waals surface area contributed by atoms with Crippen molar-refractivity contribution >= 4 is 11.6 Å². The van der Waals surface area contributed by atoms with E-state index in [2.05, 4.69) is 36.2 Å². The molecule has 0 aliphatic rings. The molecule has 4 heteroatoms. The van der Waals surface area contributed by atoms with Crippen molar-refractivity contribution in [2.75, 3.05) is 24.5 Å². The third-order valence-electron chi connectivity index (χ3n) is 4.39. The lowest BCUT2D eigenvalue weighted by Gasteiger charge is -2.27. The smallest absolute Gasteiger partial charge is 0.252 e. The Bertz CT molecular complexity index is 683. The molecule has 2 N–H and O–H groups in total. The van der Waals surface area contributed by atoms with E-state index in [4.69, 9.17) is 0 Å². The highest BCUT2D eigenvalue weighted by molar-refractivity contribution is 5.84. The molecule has 0 saturated heterocycles. The Morgan fingerprint density at radius 3 is 2.40 bits per heavy atom. The Labute approximate surface area is 150 Å². The topological polar surface area (TPSA) is 52.6 Å². The van der Waals surface area contributed by atoms with Crippen molar-refractivity contribution in [2.24, 2.45) is 0 Å². The van der Waals surface area contributed by atoms with Gasteiger partial charge in [-0.2, -0.15) is 0 Å². The number of hydrogen-bond acceptors (Lipinski definition) is 3. The Kier molecular flexibility index (Phi) is 6.59. The zero-order valence-corrected chi connectivity index (χ0v) is 15.3. The molecule has 1 unspecified atom stereocenters. The first-order chi connectivity index (χ1) is 11.9. The van der Waals surface area contributed by atoms with E-state index < -0.39 is 5.60 Å². The van der Waals surface area contributed by atoms with Crippen LogP contribution in [0.3, 0.4) is 0 Å². The maximum absolute atomic E-state index is 12.4. The minimum absolute atomic E-state index is 0.301. The van der Waals surface area contributed by atoms with Crippen LogP contribution in [-0.4, -0.2) is 36.2 Å². The van der Waals surface area contributed by atoms with Crippen LogP contribution in [0.15, 0.2) is 54.6 Å². The normalized spacial score (nSPS) is 13.1. The van der Waals surface area contributed by atoms with Crippen molar-refractivity contribution in [3.8, 4) is 0 Å². The van der Waals surface area contributed by atoms with Crippen molar-refractivity contribution < 1.29 is 9.90 Å². The fourth-order valence-electron chi connectivity index (χ4n) is 2.94. The highest BCUT2D eigenvalue weighted by Gasteiger charge is 2.30. The molecular weight excluding hydrogens is 312 g/mol. The molecule has 0 heterocycles. The summed E-state index contributed by atoms with van der Waals surface area (Å²) in [6.45, 7) is 7.80. The van der Waals surface area contributed by atoms with Crippen molar-refractivity contribution in [3.63, 3.8) is 0 Å². The molecule has 0 radical (unpaired) electrons. The zero-order chi connectivity index (χ0) is 18.3. The number of aliphatic hydroxyl groups is 1. The van der Waals surface area contributed by atoms with Crippen LogP contribution in [0.2, 0.25) is 0 Å². The highest BCUT2D eigenvalue weighted by Crippen LogP contribution is 2.18. The summed E-state index contributed by atoms with van der Waals surface area (Å²) in [5, 5.41) is 13.4. The third kappa shape index (κ3) is 5.33. The summed E-state index contributed by atoms with van der Waals surface area (Å²) >= 11 is 0. The SMILES string of the molecule is CCN(CCNC(=O)C(C)(O)Cc1ccccc1)c1ccccc1C. The number of likely N-dealkylation sites (N-methyl/N-ethyl adjacent to an activating group) is 1. The minimum atomic E-state index is -1.42. The molecular formula is C21H28N2O2. The van der Waals surface area contributed by atoms with Crippen LogP contribution in [0.4, 0.5) is 5.69 Å². The van der Waals surface area contributed by atoms with Crippen LogP contribution in [0.1, 0.15) is 25.0 Å². The van der Waals surface area contributed by atoms with Gasteiger partial charge in [0.1, 0.15) is 5.60 Å². The number of aryl methyl sites for hydroxylation is 1. The number of carbonyl (C=O) groups excluding carboxylic acids is 1. The molecule has 134 valence electrons. The van der Waals surface area contributed by atoms with Gasteiger partial charge in [0.25, 0.3) is 5.91 Å². The molecule has 0 aromatic heterocycles. The van der Waals surface area contributed by atoms with E-state index in [-0.39, 0.29) is 5.91 Å². The molecule has 0 spiro atoms.